The Hall–Kier alpha value is -1.32. The Bertz CT molecular complexity index is 501. The van der Waals surface area contributed by atoms with Crippen molar-refractivity contribution in [3.8, 4) is 0 Å². The van der Waals surface area contributed by atoms with Gasteiger partial charge in [0.25, 0.3) is 0 Å². The second-order valence-corrected chi connectivity index (χ2v) is 5.42. The van der Waals surface area contributed by atoms with Crippen LogP contribution in [0.4, 0.5) is 5.69 Å². The molecule has 0 spiro atoms. The third kappa shape index (κ3) is 2.40. The first kappa shape index (κ1) is 12.7. The number of anilines is 1. The molecule has 1 aliphatic heterocycles. The van der Waals surface area contributed by atoms with E-state index in [1.54, 1.807) is 0 Å². The van der Waals surface area contributed by atoms with Gasteiger partial charge in [-0.15, -0.1) is 0 Å². The minimum atomic E-state index is -0.613. The van der Waals surface area contributed by atoms with E-state index in [9.17, 15) is 0 Å². The van der Waals surface area contributed by atoms with Crippen molar-refractivity contribution in [3.05, 3.63) is 35.4 Å². The minimum absolute atomic E-state index is 0.613. The summed E-state index contributed by atoms with van der Waals surface area (Å²) >= 11 is 0. The molecule has 3 heteroatoms. The van der Waals surface area contributed by atoms with E-state index in [0.717, 1.165) is 29.7 Å². The molecule has 0 radical (unpaired) electrons. The van der Waals surface area contributed by atoms with Crippen LogP contribution < -0.4 is 5.73 Å². The van der Waals surface area contributed by atoms with Crippen molar-refractivity contribution in [2.24, 2.45) is 0 Å². The molecule has 0 unspecified atom stereocenters. The topological polar surface area (TPSA) is 44.5 Å². The number of benzene rings is 1. The van der Waals surface area contributed by atoms with Gasteiger partial charge in [-0.05, 0) is 50.3 Å². The Labute approximate surface area is 114 Å². The van der Waals surface area contributed by atoms with E-state index in [-0.39, 0.29) is 0 Å². The first-order valence-electron chi connectivity index (χ1n) is 7.06. The number of hydrogen-bond donors (Lipinski definition) is 1. The standard InChI is InChI=1S/C16H21NO2/c1-16(18-9-10-19-16)13-7-8-15(17)14(11-13)12-5-3-2-4-6-12/h5,7-8,11H,2-4,6,9-10,17H2,1H3. The summed E-state index contributed by atoms with van der Waals surface area (Å²) in [4.78, 5) is 0. The molecule has 1 fully saturated rings. The predicted octanol–water partition coefficient (Wildman–Crippen LogP) is 3.45. The quantitative estimate of drug-likeness (QED) is 0.827. The summed E-state index contributed by atoms with van der Waals surface area (Å²) in [5.41, 5.74) is 10.6. The van der Waals surface area contributed by atoms with E-state index in [1.165, 1.54) is 18.4 Å². The van der Waals surface area contributed by atoms with Crippen LogP contribution in [-0.4, -0.2) is 13.2 Å². The van der Waals surface area contributed by atoms with Crippen molar-refractivity contribution in [3.63, 3.8) is 0 Å². The second kappa shape index (κ2) is 4.99. The molecule has 0 bridgehead atoms. The highest BCUT2D eigenvalue weighted by Crippen LogP contribution is 2.36. The average molecular weight is 259 g/mol. The fraction of sp³-hybridized carbons (Fsp3) is 0.500. The zero-order chi connectivity index (χ0) is 13.3. The molecule has 1 aromatic rings. The molecule has 102 valence electrons. The molecular weight excluding hydrogens is 238 g/mol. The van der Waals surface area contributed by atoms with E-state index in [2.05, 4.69) is 12.1 Å². The number of nitrogens with two attached hydrogens (primary N) is 1. The Morgan fingerprint density at radius 2 is 1.95 bits per heavy atom. The summed E-state index contributed by atoms with van der Waals surface area (Å²) in [7, 11) is 0. The normalized spacial score (nSPS) is 22.3. The van der Waals surface area contributed by atoms with Crippen molar-refractivity contribution in [1.29, 1.82) is 0 Å². The Balaban J connectivity index is 1.98. The van der Waals surface area contributed by atoms with Crippen LogP contribution in [0.25, 0.3) is 5.57 Å². The Morgan fingerprint density at radius 3 is 2.63 bits per heavy atom. The van der Waals surface area contributed by atoms with Gasteiger partial charge in [0.15, 0.2) is 5.79 Å². The number of allylic oxidation sites excluding steroid dienone is 2. The monoisotopic (exact) mass is 259 g/mol. The van der Waals surface area contributed by atoms with Crippen LogP contribution >= 0.6 is 0 Å². The van der Waals surface area contributed by atoms with E-state index in [4.69, 9.17) is 15.2 Å². The molecule has 1 aliphatic carbocycles. The summed E-state index contributed by atoms with van der Waals surface area (Å²) in [5.74, 6) is -0.613. The molecule has 3 nitrogen and oxygen atoms in total. The number of hydrogen-bond acceptors (Lipinski definition) is 3. The van der Waals surface area contributed by atoms with Crippen molar-refractivity contribution in [2.75, 3.05) is 18.9 Å². The van der Waals surface area contributed by atoms with E-state index >= 15 is 0 Å². The molecule has 1 aromatic carbocycles. The van der Waals surface area contributed by atoms with Crippen molar-refractivity contribution in [1.82, 2.24) is 0 Å². The first-order valence-corrected chi connectivity index (χ1v) is 7.06. The van der Waals surface area contributed by atoms with Gasteiger partial charge in [-0.3, -0.25) is 0 Å². The fourth-order valence-corrected chi connectivity index (χ4v) is 2.88. The average Bonchev–Trinajstić information content (AvgIpc) is 2.88. The summed E-state index contributed by atoms with van der Waals surface area (Å²) < 4.78 is 11.5. The van der Waals surface area contributed by atoms with Gasteiger partial charge in [0.1, 0.15) is 0 Å². The summed E-state index contributed by atoms with van der Waals surface area (Å²) in [6.07, 6.45) is 7.12. The van der Waals surface area contributed by atoms with Crippen LogP contribution in [0.5, 0.6) is 0 Å². The van der Waals surface area contributed by atoms with Crippen LogP contribution in [0.1, 0.15) is 43.7 Å². The second-order valence-electron chi connectivity index (χ2n) is 5.42. The zero-order valence-electron chi connectivity index (χ0n) is 11.4. The lowest BCUT2D eigenvalue weighted by molar-refractivity contribution is -0.149. The number of ether oxygens (including phenoxy) is 2. The molecule has 0 aromatic heterocycles. The molecule has 1 heterocycles. The highest BCUT2D eigenvalue weighted by atomic mass is 16.7. The fourth-order valence-electron chi connectivity index (χ4n) is 2.88. The third-order valence-corrected chi connectivity index (χ3v) is 4.05. The molecular formula is C16H21NO2. The van der Waals surface area contributed by atoms with Gasteiger partial charge < -0.3 is 15.2 Å². The molecule has 0 atom stereocenters. The summed E-state index contributed by atoms with van der Waals surface area (Å²) in [5, 5.41) is 0. The smallest absolute Gasteiger partial charge is 0.192 e. The molecule has 0 amide bonds. The lowest BCUT2D eigenvalue weighted by atomic mass is 9.90. The van der Waals surface area contributed by atoms with E-state index < -0.39 is 5.79 Å². The maximum Gasteiger partial charge on any atom is 0.192 e. The Morgan fingerprint density at radius 1 is 1.16 bits per heavy atom. The van der Waals surface area contributed by atoms with Gasteiger partial charge in [0, 0.05) is 16.8 Å². The lowest BCUT2D eigenvalue weighted by Crippen LogP contribution is -2.22. The van der Waals surface area contributed by atoms with Gasteiger partial charge in [-0.25, -0.2) is 0 Å². The zero-order valence-corrected chi connectivity index (χ0v) is 11.4. The third-order valence-electron chi connectivity index (χ3n) is 4.05. The summed E-state index contributed by atoms with van der Waals surface area (Å²) in [6, 6.07) is 6.11. The number of nitrogen functional groups attached to an aromatic ring is 1. The van der Waals surface area contributed by atoms with Crippen molar-refractivity contribution >= 4 is 11.3 Å². The predicted molar refractivity (Wildman–Crippen MR) is 76.6 cm³/mol. The van der Waals surface area contributed by atoms with Crippen LogP contribution in [0.15, 0.2) is 24.3 Å². The van der Waals surface area contributed by atoms with Crippen molar-refractivity contribution < 1.29 is 9.47 Å². The molecule has 3 rings (SSSR count). The largest absolute Gasteiger partial charge is 0.398 e. The minimum Gasteiger partial charge on any atom is -0.398 e. The maximum atomic E-state index is 6.14. The van der Waals surface area contributed by atoms with E-state index in [0.29, 0.717) is 13.2 Å². The van der Waals surface area contributed by atoms with Crippen molar-refractivity contribution in [2.45, 2.75) is 38.4 Å². The number of rotatable bonds is 2. The maximum absolute atomic E-state index is 6.14. The highest BCUT2D eigenvalue weighted by Gasteiger charge is 2.33. The van der Waals surface area contributed by atoms with Gasteiger partial charge in [0.2, 0.25) is 0 Å². The molecule has 19 heavy (non-hydrogen) atoms. The van der Waals surface area contributed by atoms with Gasteiger partial charge >= 0.3 is 0 Å². The first-order chi connectivity index (χ1) is 9.19. The van der Waals surface area contributed by atoms with Gasteiger partial charge in [-0.1, -0.05) is 12.1 Å². The van der Waals surface area contributed by atoms with Gasteiger partial charge in [0.05, 0.1) is 13.2 Å². The molecule has 0 saturated carbocycles. The SMILES string of the molecule is CC1(c2ccc(N)c(C3=CCCCC3)c2)OCCO1. The molecule has 2 aliphatic rings. The van der Waals surface area contributed by atoms with Crippen LogP contribution in [0.2, 0.25) is 0 Å². The van der Waals surface area contributed by atoms with Crippen LogP contribution in [0, 0.1) is 0 Å². The van der Waals surface area contributed by atoms with E-state index in [1.807, 2.05) is 19.1 Å². The highest BCUT2D eigenvalue weighted by molar-refractivity contribution is 5.76. The summed E-state index contributed by atoms with van der Waals surface area (Å²) in [6.45, 7) is 3.28. The molecule has 1 saturated heterocycles. The van der Waals surface area contributed by atoms with Crippen LogP contribution in [-0.2, 0) is 15.3 Å². The van der Waals surface area contributed by atoms with Crippen LogP contribution in [0.3, 0.4) is 0 Å². The lowest BCUT2D eigenvalue weighted by Gasteiger charge is -2.24. The molecule has 2 N–H and O–H groups in total. The van der Waals surface area contributed by atoms with Gasteiger partial charge in [-0.2, -0.15) is 0 Å². The Kier molecular flexibility index (Phi) is 3.33.